The van der Waals surface area contributed by atoms with Crippen molar-refractivity contribution in [2.24, 2.45) is 10.7 Å². The predicted octanol–water partition coefficient (Wildman–Crippen LogP) is 2.30. The Morgan fingerprint density at radius 1 is 1.16 bits per heavy atom. The summed E-state index contributed by atoms with van der Waals surface area (Å²) in [6.07, 6.45) is 4.79. The molecule has 1 aliphatic heterocycles. The van der Waals surface area contributed by atoms with Gasteiger partial charge in [0, 0.05) is 13.1 Å². The second-order valence-electron chi connectivity index (χ2n) is 5.58. The Labute approximate surface area is 119 Å². The van der Waals surface area contributed by atoms with E-state index in [1.807, 2.05) is 0 Å². The first-order valence-electron chi connectivity index (χ1n) is 7.93. The first kappa shape index (κ1) is 16.3. The van der Waals surface area contributed by atoms with Crippen LogP contribution in [0.15, 0.2) is 4.99 Å². The molecule has 0 unspecified atom stereocenters. The summed E-state index contributed by atoms with van der Waals surface area (Å²) in [5.74, 6) is 0.758. The standard InChI is InChI=1S/C15H32N4/c1-5-9-15(10-6-2)13-17-14(16)19(15)12-11-18(7-3)8-4/h5-13H2,1-4H3,(H2,16,17). The number of hydrogen-bond donors (Lipinski definition) is 1. The Bertz CT molecular complexity index is 278. The summed E-state index contributed by atoms with van der Waals surface area (Å²) in [6.45, 7) is 14.1. The van der Waals surface area contributed by atoms with Crippen LogP contribution in [-0.4, -0.2) is 54.0 Å². The molecule has 4 heteroatoms. The SMILES string of the molecule is CCCC1(CCC)CN=C(N)N1CCN(CC)CC. The maximum Gasteiger partial charge on any atom is 0.191 e. The molecule has 0 aromatic heterocycles. The fourth-order valence-electron chi connectivity index (χ4n) is 3.26. The quantitative estimate of drug-likeness (QED) is 0.698. The first-order chi connectivity index (χ1) is 9.13. The van der Waals surface area contributed by atoms with Crippen LogP contribution in [0.2, 0.25) is 0 Å². The second-order valence-corrected chi connectivity index (χ2v) is 5.58. The van der Waals surface area contributed by atoms with Crippen molar-refractivity contribution in [1.29, 1.82) is 0 Å². The van der Waals surface area contributed by atoms with Crippen molar-refractivity contribution >= 4 is 5.96 Å². The van der Waals surface area contributed by atoms with Gasteiger partial charge in [-0.05, 0) is 25.9 Å². The third kappa shape index (κ3) is 3.85. The van der Waals surface area contributed by atoms with Gasteiger partial charge in [0.15, 0.2) is 5.96 Å². The molecule has 0 aromatic rings. The van der Waals surface area contributed by atoms with E-state index in [4.69, 9.17) is 5.73 Å². The van der Waals surface area contributed by atoms with Gasteiger partial charge in [0.2, 0.25) is 0 Å². The van der Waals surface area contributed by atoms with Crippen molar-refractivity contribution in [2.75, 3.05) is 32.7 Å². The molecule has 19 heavy (non-hydrogen) atoms. The highest BCUT2D eigenvalue weighted by Crippen LogP contribution is 2.31. The zero-order valence-electron chi connectivity index (χ0n) is 13.3. The van der Waals surface area contributed by atoms with Gasteiger partial charge >= 0.3 is 0 Å². The summed E-state index contributed by atoms with van der Waals surface area (Å²) in [6, 6.07) is 0. The van der Waals surface area contributed by atoms with Crippen LogP contribution in [0.3, 0.4) is 0 Å². The summed E-state index contributed by atoms with van der Waals surface area (Å²) >= 11 is 0. The molecule has 0 saturated carbocycles. The van der Waals surface area contributed by atoms with Crippen LogP contribution in [0.4, 0.5) is 0 Å². The molecule has 0 radical (unpaired) electrons. The average Bonchev–Trinajstić information content (AvgIpc) is 2.70. The fourth-order valence-corrected chi connectivity index (χ4v) is 3.26. The normalized spacial score (nSPS) is 18.2. The van der Waals surface area contributed by atoms with Crippen LogP contribution in [0.5, 0.6) is 0 Å². The Morgan fingerprint density at radius 3 is 2.21 bits per heavy atom. The van der Waals surface area contributed by atoms with Gasteiger partial charge in [-0.25, -0.2) is 0 Å². The zero-order chi connectivity index (χ0) is 14.3. The molecule has 0 aromatic carbocycles. The number of likely N-dealkylation sites (N-methyl/N-ethyl adjacent to an activating group) is 1. The third-order valence-electron chi connectivity index (χ3n) is 4.35. The van der Waals surface area contributed by atoms with Gasteiger partial charge in [0.05, 0.1) is 12.1 Å². The van der Waals surface area contributed by atoms with Crippen molar-refractivity contribution in [2.45, 2.75) is 58.9 Å². The molecule has 0 amide bonds. The van der Waals surface area contributed by atoms with E-state index in [0.717, 1.165) is 38.7 Å². The van der Waals surface area contributed by atoms with Crippen LogP contribution in [0.1, 0.15) is 53.4 Å². The molecule has 0 aliphatic carbocycles. The van der Waals surface area contributed by atoms with Crippen molar-refractivity contribution in [1.82, 2.24) is 9.80 Å². The first-order valence-corrected chi connectivity index (χ1v) is 7.93. The average molecular weight is 268 g/mol. The minimum atomic E-state index is 0.195. The number of guanidine groups is 1. The Balaban J connectivity index is 2.71. The van der Waals surface area contributed by atoms with Crippen LogP contribution in [0, 0.1) is 0 Å². The monoisotopic (exact) mass is 268 g/mol. The van der Waals surface area contributed by atoms with E-state index < -0.39 is 0 Å². The maximum atomic E-state index is 6.14. The van der Waals surface area contributed by atoms with Gasteiger partial charge in [0.25, 0.3) is 0 Å². The highest BCUT2D eigenvalue weighted by Gasteiger charge is 2.40. The predicted molar refractivity (Wildman–Crippen MR) is 83.5 cm³/mol. The van der Waals surface area contributed by atoms with E-state index in [9.17, 15) is 0 Å². The molecule has 0 atom stereocenters. The molecular weight excluding hydrogens is 236 g/mol. The van der Waals surface area contributed by atoms with Crippen LogP contribution in [0.25, 0.3) is 0 Å². The van der Waals surface area contributed by atoms with Gasteiger partial charge in [-0.15, -0.1) is 0 Å². The minimum Gasteiger partial charge on any atom is -0.370 e. The lowest BCUT2D eigenvalue weighted by molar-refractivity contribution is 0.149. The minimum absolute atomic E-state index is 0.195. The summed E-state index contributed by atoms with van der Waals surface area (Å²) in [5.41, 5.74) is 6.34. The number of nitrogens with two attached hydrogens (primary N) is 1. The van der Waals surface area contributed by atoms with Crippen LogP contribution >= 0.6 is 0 Å². The number of nitrogens with zero attached hydrogens (tertiary/aromatic N) is 3. The molecule has 0 saturated heterocycles. The van der Waals surface area contributed by atoms with E-state index in [1.165, 1.54) is 25.7 Å². The summed E-state index contributed by atoms with van der Waals surface area (Å²) < 4.78 is 0. The molecule has 112 valence electrons. The lowest BCUT2D eigenvalue weighted by Crippen LogP contribution is -2.53. The highest BCUT2D eigenvalue weighted by atomic mass is 15.4. The van der Waals surface area contributed by atoms with Crippen LogP contribution < -0.4 is 5.73 Å². The van der Waals surface area contributed by atoms with Gasteiger partial charge in [0.1, 0.15) is 0 Å². The van der Waals surface area contributed by atoms with Crippen molar-refractivity contribution in [3.05, 3.63) is 0 Å². The van der Waals surface area contributed by atoms with Gasteiger partial charge in [-0.3, -0.25) is 4.99 Å². The fraction of sp³-hybridized carbons (Fsp3) is 0.933. The van der Waals surface area contributed by atoms with Crippen molar-refractivity contribution in [3.63, 3.8) is 0 Å². The number of hydrogen-bond acceptors (Lipinski definition) is 4. The topological polar surface area (TPSA) is 44.9 Å². The third-order valence-corrected chi connectivity index (χ3v) is 4.35. The Kier molecular flexibility index (Phi) is 6.63. The molecule has 1 aliphatic rings. The maximum absolute atomic E-state index is 6.14. The largest absolute Gasteiger partial charge is 0.370 e. The number of aliphatic imine (C=N–C) groups is 1. The van der Waals surface area contributed by atoms with E-state index in [1.54, 1.807) is 0 Å². The lowest BCUT2D eigenvalue weighted by atomic mass is 9.87. The number of rotatable bonds is 9. The molecule has 0 fully saturated rings. The van der Waals surface area contributed by atoms with Crippen LogP contribution in [-0.2, 0) is 0 Å². The highest BCUT2D eigenvalue weighted by molar-refractivity contribution is 5.81. The van der Waals surface area contributed by atoms with Crippen molar-refractivity contribution in [3.8, 4) is 0 Å². The molecule has 4 nitrogen and oxygen atoms in total. The molecule has 0 spiro atoms. The van der Waals surface area contributed by atoms with Gasteiger partial charge in [-0.2, -0.15) is 0 Å². The zero-order valence-corrected chi connectivity index (χ0v) is 13.3. The molecular formula is C15H32N4. The van der Waals surface area contributed by atoms with E-state index >= 15 is 0 Å². The molecule has 1 heterocycles. The van der Waals surface area contributed by atoms with Gasteiger partial charge < -0.3 is 15.5 Å². The van der Waals surface area contributed by atoms with E-state index in [2.05, 4.69) is 42.5 Å². The summed E-state index contributed by atoms with van der Waals surface area (Å²) in [7, 11) is 0. The lowest BCUT2D eigenvalue weighted by Gasteiger charge is -2.40. The smallest absolute Gasteiger partial charge is 0.191 e. The Hall–Kier alpha value is -0.770. The summed E-state index contributed by atoms with van der Waals surface area (Å²) in [4.78, 5) is 9.38. The molecule has 0 bridgehead atoms. The van der Waals surface area contributed by atoms with Crippen molar-refractivity contribution < 1.29 is 0 Å². The van der Waals surface area contributed by atoms with E-state index in [0.29, 0.717) is 0 Å². The molecule has 1 rings (SSSR count). The molecule has 2 N–H and O–H groups in total. The summed E-state index contributed by atoms with van der Waals surface area (Å²) in [5, 5.41) is 0. The van der Waals surface area contributed by atoms with Gasteiger partial charge in [-0.1, -0.05) is 40.5 Å². The second kappa shape index (κ2) is 7.73. The Morgan fingerprint density at radius 2 is 1.74 bits per heavy atom. The van der Waals surface area contributed by atoms with E-state index in [-0.39, 0.29) is 5.54 Å².